The molecule has 1 aromatic carbocycles. The van der Waals surface area contributed by atoms with Crippen LogP contribution in [0.2, 0.25) is 0 Å². The fourth-order valence-corrected chi connectivity index (χ4v) is 4.05. The molecule has 5 rings (SSSR count). The van der Waals surface area contributed by atoms with Crippen LogP contribution in [-0.2, 0) is 4.74 Å². The summed E-state index contributed by atoms with van der Waals surface area (Å²) in [6.45, 7) is 10.1. The predicted molar refractivity (Wildman–Crippen MR) is 120 cm³/mol. The number of benzene rings is 1. The van der Waals surface area contributed by atoms with E-state index in [0.717, 1.165) is 61.1 Å². The van der Waals surface area contributed by atoms with Gasteiger partial charge >= 0.3 is 0 Å². The number of halogens is 1. The first-order chi connectivity index (χ1) is 14.3. The van der Waals surface area contributed by atoms with Gasteiger partial charge in [0.15, 0.2) is 11.5 Å². The van der Waals surface area contributed by atoms with Crippen molar-refractivity contribution in [3.63, 3.8) is 0 Å². The van der Waals surface area contributed by atoms with Crippen molar-refractivity contribution in [3.8, 4) is 0 Å². The largest absolute Gasteiger partial charge is 0.378 e. The maximum Gasteiger partial charge on any atom is 0.180 e. The Kier molecular flexibility index (Phi) is 6.32. The quantitative estimate of drug-likeness (QED) is 0.641. The smallest absolute Gasteiger partial charge is 0.180 e. The van der Waals surface area contributed by atoms with Crippen LogP contribution in [0.4, 0.5) is 17.2 Å². The molecule has 2 fully saturated rings. The Labute approximate surface area is 179 Å². The lowest BCUT2D eigenvalue weighted by atomic mass is 10.1. The van der Waals surface area contributed by atoms with Crippen LogP contribution in [0, 0.1) is 0 Å². The number of piperazine rings is 1. The van der Waals surface area contributed by atoms with Gasteiger partial charge in [0.05, 0.1) is 19.3 Å². The Morgan fingerprint density at radius 2 is 1.79 bits per heavy atom. The molecule has 2 saturated heterocycles. The number of nitrogens with zero attached hydrogens (tertiary/aromatic N) is 5. The minimum atomic E-state index is 0.635. The Hall–Kier alpha value is -2.16. The Morgan fingerprint density at radius 3 is 2.45 bits per heavy atom. The monoisotopic (exact) mass is 458 g/mol. The van der Waals surface area contributed by atoms with Crippen LogP contribution < -0.4 is 10.2 Å². The molecule has 2 aliphatic rings. The Bertz CT molecular complexity index is 932. The van der Waals surface area contributed by atoms with E-state index in [9.17, 15) is 0 Å². The number of ether oxygens (including phenoxy) is 1. The first-order valence-electron chi connectivity index (χ1n) is 10.2. The molecule has 0 aliphatic carbocycles. The van der Waals surface area contributed by atoms with Gasteiger partial charge in [-0.1, -0.05) is 13.8 Å². The molecule has 1 N–H and O–H groups in total. The Morgan fingerprint density at radius 1 is 1.07 bits per heavy atom. The molecular weight excluding hydrogens is 432 g/mol. The van der Waals surface area contributed by atoms with Gasteiger partial charge < -0.3 is 19.4 Å². The highest BCUT2D eigenvalue weighted by atomic mass is 79.9. The van der Waals surface area contributed by atoms with Gasteiger partial charge in [0.25, 0.3) is 0 Å². The van der Waals surface area contributed by atoms with Crippen LogP contribution >= 0.6 is 15.9 Å². The van der Waals surface area contributed by atoms with Crippen molar-refractivity contribution in [1.82, 2.24) is 19.3 Å². The normalized spacial score (nSPS) is 17.6. The van der Waals surface area contributed by atoms with Crippen molar-refractivity contribution in [2.45, 2.75) is 19.9 Å². The summed E-state index contributed by atoms with van der Waals surface area (Å²) in [6, 6.07) is 9.18. The van der Waals surface area contributed by atoms with Crippen LogP contribution in [0.5, 0.6) is 0 Å². The van der Waals surface area contributed by atoms with Crippen LogP contribution in [0.3, 0.4) is 0 Å². The van der Waals surface area contributed by atoms with E-state index in [1.807, 2.05) is 30.6 Å². The topological polar surface area (TPSA) is 57.9 Å². The second-order valence-corrected chi connectivity index (χ2v) is 7.77. The van der Waals surface area contributed by atoms with Gasteiger partial charge in [0.1, 0.15) is 4.60 Å². The zero-order valence-electron chi connectivity index (χ0n) is 16.9. The molecule has 8 heteroatoms. The third-order valence-electron chi connectivity index (χ3n) is 5.29. The summed E-state index contributed by atoms with van der Waals surface area (Å²) in [5, 5.41) is 3.38. The number of nitrogens with one attached hydrogen (secondary N) is 1. The molecular formula is C21H27BrN6O. The van der Waals surface area contributed by atoms with E-state index in [-0.39, 0.29) is 0 Å². The highest BCUT2D eigenvalue weighted by molar-refractivity contribution is 9.10. The number of rotatable bonds is 4. The molecule has 0 atom stereocenters. The van der Waals surface area contributed by atoms with Gasteiger partial charge in [-0.15, -0.1) is 0 Å². The summed E-state index contributed by atoms with van der Waals surface area (Å²) in [6.07, 6.45) is 5.57. The molecule has 0 bridgehead atoms. The molecule has 0 spiro atoms. The van der Waals surface area contributed by atoms with Gasteiger partial charge in [-0.2, -0.15) is 0 Å². The van der Waals surface area contributed by atoms with E-state index in [1.165, 1.54) is 5.69 Å². The lowest BCUT2D eigenvalue weighted by Gasteiger charge is -2.43. The number of fused-ring (bicyclic) bond motifs is 1. The molecule has 2 aromatic heterocycles. The summed E-state index contributed by atoms with van der Waals surface area (Å²) in [7, 11) is 0. The first-order valence-corrected chi connectivity index (χ1v) is 11.0. The second kappa shape index (κ2) is 9.11. The van der Waals surface area contributed by atoms with Crippen LogP contribution in [0.15, 0.2) is 47.5 Å². The SMILES string of the molecule is Brc1cn2ccnc2c(Nc2ccc(N3CCN(C4COC4)CC3)cc2)n1.CC. The molecule has 0 amide bonds. The highest BCUT2D eigenvalue weighted by Crippen LogP contribution is 2.25. The predicted octanol–water partition coefficient (Wildman–Crippen LogP) is 3.78. The standard InChI is InChI=1S/C19H21BrN6O.C2H6/c20-17-11-26-6-5-21-19(26)18(23-17)22-14-1-3-15(4-2-14)24-7-9-25(10-8-24)16-12-27-13-16;1-2/h1-6,11,16H,7-10,12-13H2,(H,22,23);1-2H3. The van der Waals surface area contributed by atoms with Gasteiger partial charge in [0, 0.05) is 56.1 Å². The fourth-order valence-electron chi connectivity index (χ4n) is 3.66. The number of imidazole rings is 1. The number of hydrogen-bond acceptors (Lipinski definition) is 6. The summed E-state index contributed by atoms with van der Waals surface area (Å²) in [4.78, 5) is 13.9. The van der Waals surface area contributed by atoms with Crippen LogP contribution in [-0.4, -0.2) is 64.7 Å². The van der Waals surface area contributed by atoms with E-state index in [4.69, 9.17) is 4.74 Å². The molecule has 0 radical (unpaired) electrons. The van der Waals surface area contributed by atoms with Gasteiger partial charge in [-0.05, 0) is 40.2 Å². The summed E-state index contributed by atoms with van der Waals surface area (Å²) in [5.41, 5.74) is 3.07. The lowest BCUT2D eigenvalue weighted by molar-refractivity contribution is -0.0660. The van der Waals surface area contributed by atoms with Crippen molar-refractivity contribution in [1.29, 1.82) is 0 Å². The molecule has 4 heterocycles. The molecule has 0 saturated carbocycles. The lowest BCUT2D eigenvalue weighted by Crippen LogP contribution is -2.56. The summed E-state index contributed by atoms with van der Waals surface area (Å²) >= 11 is 3.45. The minimum absolute atomic E-state index is 0.635. The van der Waals surface area contributed by atoms with E-state index >= 15 is 0 Å². The zero-order chi connectivity index (χ0) is 20.2. The van der Waals surface area contributed by atoms with Gasteiger partial charge in [-0.3, -0.25) is 4.90 Å². The van der Waals surface area contributed by atoms with E-state index in [1.54, 1.807) is 6.20 Å². The van der Waals surface area contributed by atoms with Crippen molar-refractivity contribution < 1.29 is 4.74 Å². The molecule has 154 valence electrons. The number of hydrogen-bond donors (Lipinski definition) is 1. The molecule has 2 aliphatic heterocycles. The van der Waals surface area contributed by atoms with Crippen molar-refractivity contribution in [2.24, 2.45) is 0 Å². The highest BCUT2D eigenvalue weighted by Gasteiger charge is 2.28. The number of anilines is 3. The molecule has 0 unspecified atom stereocenters. The van der Waals surface area contributed by atoms with Gasteiger partial charge in [0.2, 0.25) is 0 Å². The second-order valence-electron chi connectivity index (χ2n) is 6.96. The minimum Gasteiger partial charge on any atom is -0.378 e. The average molecular weight is 459 g/mol. The fraction of sp³-hybridized carbons (Fsp3) is 0.429. The van der Waals surface area contributed by atoms with E-state index in [0.29, 0.717) is 6.04 Å². The molecule has 7 nitrogen and oxygen atoms in total. The number of aromatic nitrogens is 3. The van der Waals surface area contributed by atoms with Crippen LogP contribution in [0.25, 0.3) is 5.65 Å². The van der Waals surface area contributed by atoms with E-state index < -0.39 is 0 Å². The van der Waals surface area contributed by atoms with Crippen molar-refractivity contribution in [2.75, 3.05) is 49.6 Å². The van der Waals surface area contributed by atoms with E-state index in [2.05, 4.69) is 65.3 Å². The summed E-state index contributed by atoms with van der Waals surface area (Å²) < 4.78 is 8.02. The van der Waals surface area contributed by atoms with Crippen molar-refractivity contribution in [3.05, 3.63) is 47.5 Å². The van der Waals surface area contributed by atoms with Crippen LogP contribution in [0.1, 0.15) is 13.8 Å². The third-order valence-corrected chi connectivity index (χ3v) is 5.67. The zero-order valence-corrected chi connectivity index (χ0v) is 18.5. The maximum atomic E-state index is 5.31. The maximum absolute atomic E-state index is 5.31. The van der Waals surface area contributed by atoms with Gasteiger partial charge in [-0.25, -0.2) is 9.97 Å². The molecule has 29 heavy (non-hydrogen) atoms. The molecule has 3 aromatic rings. The third kappa shape index (κ3) is 4.39. The summed E-state index contributed by atoms with van der Waals surface area (Å²) in [5.74, 6) is 0.735. The first kappa shape index (κ1) is 20.1. The Balaban J connectivity index is 0.000000994. The average Bonchev–Trinajstić information content (AvgIpc) is 3.18. The van der Waals surface area contributed by atoms with Crippen molar-refractivity contribution >= 4 is 38.8 Å².